The molecule has 0 saturated heterocycles. The van der Waals surface area contributed by atoms with E-state index in [0.717, 1.165) is 22.3 Å². The molecule has 0 unspecified atom stereocenters. The fraction of sp³-hybridized carbons (Fsp3) is 0.214. The van der Waals surface area contributed by atoms with Crippen LogP contribution >= 0.6 is 0 Å². The zero-order valence-corrected chi connectivity index (χ0v) is 11.9. The summed E-state index contributed by atoms with van der Waals surface area (Å²) in [6.45, 7) is 3.88. The second-order valence-electron chi connectivity index (χ2n) is 4.66. The lowest BCUT2D eigenvalue weighted by Crippen LogP contribution is -2.26. The molecule has 0 radical (unpaired) electrons. The summed E-state index contributed by atoms with van der Waals surface area (Å²) < 4.78 is 33.5. The normalized spacial score (nSPS) is 11.6. The third-order valence-corrected chi connectivity index (χ3v) is 3.96. The van der Waals surface area contributed by atoms with Crippen LogP contribution in [0.25, 0.3) is 11.1 Å². The van der Waals surface area contributed by atoms with Crippen molar-refractivity contribution in [3.05, 3.63) is 47.8 Å². The first-order chi connectivity index (χ1) is 8.79. The van der Waals surface area contributed by atoms with Gasteiger partial charge in [-0.2, -0.15) is 8.42 Å². The number of rotatable bonds is 2. The minimum atomic E-state index is -4.18. The average Bonchev–Trinajstić information content (AvgIpc) is 2.32. The van der Waals surface area contributed by atoms with Crippen LogP contribution in [0.4, 0.5) is 0 Å². The molecular formula is C14H16NO3S+. The Morgan fingerprint density at radius 2 is 1.68 bits per heavy atom. The number of pyridine rings is 1. The van der Waals surface area contributed by atoms with E-state index in [1.807, 2.05) is 43.9 Å². The minimum Gasteiger partial charge on any atom is -0.282 e. The van der Waals surface area contributed by atoms with Gasteiger partial charge < -0.3 is 0 Å². The van der Waals surface area contributed by atoms with Gasteiger partial charge >= 0.3 is 0 Å². The summed E-state index contributed by atoms with van der Waals surface area (Å²) in [5.41, 5.74) is 3.77. The molecule has 1 aromatic heterocycles. The third-order valence-electron chi connectivity index (χ3n) is 3.11. The van der Waals surface area contributed by atoms with E-state index in [2.05, 4.69) is 0 Å². The van der Waals surface area contributed by atoms with Crippen molar-refractivity contribution in [3.8, 4) is 11.1 Å². The van der Waals surface area contributed by atoms with Gasteiger partial charge in [0.05, 0.1) is 4.90 Å². The maximum atomic E-state index is 11.2. The van der Waals surface area contributed by atoms with E-state index in [1.54, 1.807) is 6.07 Å². The van der Waals surface area contributed by atoms with E-state index < -0.39 is 10.1 Å². The van der Waals surface area contributed by atoms with Crippen LogP contribution in [0.3, 0.4) is 0 Å². The van der Waals surface area contributed by atoms with Gasteiger partial charge in [0.2, 0.25) is 0 Å². The molecule has 1 N–H and O–H groups in total. The van der Waals surface area contributed by atoms with Crippen molar-refractivity contribution in [2.45, 2.75) is 18.7 Å². The van der Waals surface area contributed by atoms with Gasteiger partial charge in [0.1, 0.15) is 7.05 Å². The Balaban J connectivity index is 2.71. The minimum absolute atomic E-state index is 0.0843. The zero-order valence-electron chi connectivity index (χ0n) is 11.1. The average molecular weight is 278 g/mol. The van der Waals surface area contributed by atoms with Crippen molar-refractivity contribution in [2.24, 2.45) is 7.05 Å². The molecule has 0 aliphatic carbocycles. The third kappa shape index (κ3) is 2.83. The monoisotopic (exact) mass is 278 g/mol. The smallest absolute Gasteiger partial charge is 0.282 e. The highest BCUT2D eigenvalue weighted by atomic mass is 32.2. The first-order valence-corrected chi connectivity index (χ1v) is 7.27. The zero-order chi connectivity index (χ0) is 14.2. The van der Waals surface area contributed by atoms with Crippen molar-refractivity contribution < 1.29 is 17.5 Å². The molecule has 19 heavy (non-hydrogen) atoms. The van der Waals surface area contributed by atoms with Gasteiger partial charge in [-0.05, 0) is 42.7 Å². The number of benzene rings is 1. The predicted octanol–water partition coefficient (Wildman–Crippen LogP) is 2.04. The Bertz CT molecular complexity index is 736. The van der Waals surface area contributed by atoms with Gasteiger partial charge in [-0.3, -0.25) is 4.55 Å². The molecule has 5 heteroatoms. The van der Waals surface area contributed by atoms with Crippen LogP contribution in [0.5, 0.6) is 0 Å². The lowest BCUT2D eigenvalue weighted by molar-refractivity contribution is -0.671. The number of hydrogen-bond donors (Lipinski definition) is 1. The SMILES string of the molecule is Cc1ccc(S(=O)(=O)O)cc1-c1c[n+](C)ccc1C. The molecule has 0 saturated carbocycles. The highest BCUT2D eigenvalue weighted by Crippen LogP contribution is 2.27. The number of aromatic nitrogens is 1. The summed E-state index contributed by atoms with van der Waals surface area (Å²) >= 11 is 0. The molecule has 0 aliphatic heterocycles. The van der Waals surface area contributed by atoms with Crippen molar-refractivity contribution >= 4 is 10.1 Å². The summed E-state index contributed by atoms with van der Waals surface area (Å²) in [5.74, 6) is 0. The van der Waals surface area contributed by atoms with E-state index in [-0.39, 0.29) is 4.90 Å². The van der Waals surface area contributed by atoms with Gasteiger partial charge in [0.15, 0.2) is 12.4 Å². The summed E-state index contributed by atoms with van der Waals surface area (Å²) in [6.07, 6.45) is 3.87. The van der Waals surface area contributed by atoms with E-state index in [1.165, 1.54) is 12.1 Å². The topological polar surface area (TPSA) is 58.3 Å². The van der Waals surface area contributed by atoms with Gasteiger partial charge in [0, 0.05) is 11.6 Å². The van der Waals surface area contributed by atoms with E-state index in [0.29, 0.717) is 0 Å². The molecule has 0 atom stereocenters. The van der Waals surface area contributed by atoms with Crippen LogP contribution in [0.2, 0.25) is 0 Å². The first kappa shape index (κ1) is 13.7. The van der Waals surface area contributed by atoms with Crippen LogP contribution in [0.15, 0.2) is 41.6 Å². The maximum Gasteiger partial charge on any atom is 0.294 e. The second-order valence-corrected chi connectivity index (χ2v) is 6.08. The van der Waals surface area contributed by atoms with Crippen LogP contribution in [0, 0.1) is 13.8 Å². The van der Waals surface area contributed by atoms with Crippen molar-refractivity contribution in [2.75, 3.05) is 0 Å². The lowest BCUT2D eigenvalue weighted by Gasteiger charge is -2.09. The van der Waals surface area contributed by atoms with Gasteiger partial charge in [-0.1, -0.05) is 6.07 Å². The summed E-state index contributed by atoms with van der Waals surface area (Å²) in [5, 5.41) is 0. The molecule has 1 heterocycles. The van der Waals surface area contributed by atoms with E-state index in [9.17, 15) is 8.42 Å². The van der Waals surface area contributed by atoms with E-state index in [4.69, 9.17) is 4.55 Å². The van der Waals surface area contributed by atoms with Crippen LogP contribution in [-0.4, -0.2) is 13.0 Å². The lowest BCUT2D eigenvalue weighted by atomic mass is 9.98. The summed E-state index contributed by atoms with van der Waals surface area (Å²) in [7, 11) is -2.27. The van der Waals surface area contributed by atoms with Crippen LogP contribution < -0.4 is 4.57 Å². The fourth-order valence-electron chi connectivity index (χ4n) is 2.00. The molecule has 0 amide bonds. The largest absolute Gasteiger partial charge is 0.294 e. The number of nitrogens with zero attached hydrogens (tertiary/aromatic N) is 1. The van der Waals surface area contributed by atoms with Crippen LogP contribution in [-0.2, 0) is 17.2 Å². The maximum absolute atomic E-state index is 11.2. The molecule has 0 aliphatic rings. The van der Waals surface area contributed by atoms with Crippen molar-refractivity contribution in [3.63, 3.8) is 0 Å². The molecule has 2 aromatic rings. The molecule has 0 bridgehead atoms. The Morgan fingerprint density at radius 3 is 2.32 bits per heavy atom. The summed E-state index contributed by atoms with van der Waals surface area (Å²) in [4.78, 5) is -0.0843. The van der Waals surface area contributed by atoms with E-state index >= 15 is 0 Å². The van der Waals surface area contributed by atoms with Crippen molar-refractivity contribution in [1.29, 1.82) is 0 Å². The molecular weight excluding hydrogens is 262 g/mol. The fourth-order valence-corrected chi connectivity index (χ4v) is 2.51. The highest BCUT2D eigenvalue weighted by Gasteiger charge is 2.15. The van der Waals surface area contributed by atoms with Gasteiger partial charge in [0.25, 0.3) is 10.1 Å². The molecule has 0 fully saturated rings. The Labute approximate surface area is 113 Å². The highest BCUT2D eigenvalue weighted by molar-refractivity contribution is 7.85. The Kier molecular flexibility index (Phi) is 3.43. The number of aryl methyl sites for hydroxylation is 3. The van der Waals surface area contributed by atoms with Crippen LogP contribution in [0.1, 0.15) is 11.1 Å². The molecule has 100 valence electrons. The molecule has 2 rings (SSSR count). The Hall–Kier alpha value is -1.72. The predicted molar refractivity (Wildman–Crippen MR) is 72.3 cm³/mol. The first-order valence-electron chi connectivity index (χ1n) is 5.83. The number of hydrogen-bond acceptors (Lipinski definition) is 2. The summed E-state index contributed by atoms with van der Waals surface area (Å²) in [6, 6.07) is 6.58. The second kappa shape index (κ2) is 4.75. The molecule has 4 nitrogen and oxygen atoms in total. The van der Waals surface area contributed by atoms with Crippen molar-refractivity contribution in [1.82, 2.24) is 0 Å². The van der Waals surface area contributed by atoms with Gasteiger partial charge in [-0.25, -0.2) is 4.57 Å². The van der Waals surface area contributed by atoms with Gasteiger partial charge in [-0.15, -0.1) is 0 Å². The Morgan fingerprint density at radius 1 is 1.05 bits per heavy atom. The standard InChI is InChI=1S/C14H15NO3S/c1-10-4-5-12(19(16,17)18)8-13(10)14-9-15(3)7-6-11(14)2/h4-9H,1-3H3/p+1. The molecule has 0 spiro atoms. The quantitative estimate of drug-likeness (QED) is 0.675. The molecule has 1 aromatic carbocycles.